The van der Waals surface area contributed by atoms with E-state index < -0.39 is 17.9 Å². The molecule has 0 spiro atoms. The van der Waals surface area contributed by atoms with Crippen LogP contribution in [0.5, 0.6) is 0 Å². The SMILES string of the molecule is C=C(C)C(=O)OC(C)(CC)C(OCC)OCC. The average Bonchev–Trinajstić information content (AvgIpc) is 2.28. The maximum absolute atomic E-state index is 11.6. The lowest BCUT2D eigenvalue weighted by molar-refractivity contribution is -0.240. The number of rotatable bonds is 8. The van der Waals surface area contributed by atoms with E-state index in [-0.39, 0.29) is 0 Å². The van der Waals surface area contributed by atoms with Crippen LogP contribution in [0, 0.1) is 0 Å². The second kappa shape index (κ2) is 7.45. The molecule has 0 heterocycles. The molecule has 0 rings (SSSR count). The Morgan fingerprint density at radius 2 is 1.71 bits per heavy atom. The van der Waals surface area contributed by atoms with Crippen LogP contribution in [0.15, 0.2) is 12.2 Å². The average molecular weight is 244 g/mol. The van der Waals surface area contributed by atoms with Gasteiger partial charge in [0.1, 0.15) is 0 Å². The van der Waals surface area contributed by atoms with Crippen LogP contribution in [-0.2, 0) is 19.0 Å². The van der Waals surface area contributed by atoms with Crippen LogP contribution in [0.25, 0.3) is 0 Å². The van der Waals surface area contributed by atoms with Gasteiger partial charge in [-0.1, -0.05) is 13.5 Å². The Kier molecular flexibility index (Phi) is 7.07. The third-order valence-electron chi connectivity index (χ3n) is 2.51. The van der Waals surface area contributed by atoms with Crippen molar-refractivity contribution < 1.29 is 19.0 Å². The molecule has 0 amide bonds. The van der Waals surface area contributed by atoms with E-state index >= 15 is 0 Å². The fraction of sp³-hybridized carbons (Fsp3) is 0.769. The lowest BCUT2D eigenvalue weighted by Crippen LogP contribution is -2.46. The van der Waals surface area contributed by atoms with Gasteiger partial charge < -0.3 is 14.2 Å². The van der Waals surface area contributed by atoms with Crippen LogP contribution in [-0.4, -0.2) is 31.1 Å². The summed E-state index contributed by atoms with van der Waals surface area (Å²) in [5.41, 5.74) is -0.418. The topological polar surface area (TPSA) is 44.8 Å². The summed E-state index contributed by atoms with van der Waals surface area (Å²) >= 11 is 0. The minimum Gasteiger partial charge on any atom is -0.451 e. The summed E-state index contributed by atoms with van der Waals surface area (Å²) in [5, 5.41) is 0. The van der Waals surface area contributed by atoms with Crippen LogP contribution >= 0.6 is 0 Å². The zero-order chi connectivity index (χ0) is 13.5. The molecule has 0 saturated heterocycles. The van der Waals surface area contributed by atoms with Crippen LogP contribution in [0.4, 0.5) is 0 Å². The predicted octanol–water partition coefficient (Wildman–Crippen LogP) is 2.67. The molecule has 17 heavy (non-hydrogen) atoms. The summed E-state index contributed by atoms with van der Waals surface area (Å²) in [7, 11) is 0. The van der Waals surface area contributed by atoms with Crippen LogP contribution in [0.2, 0.25) is 0 Å². The highest BCUT2D eigenvalue weighted by Gasteiger charge is 2.38. The van der Waals surface area contributed by atoms with Crippen molar-refractivity contribution in [1.82, 2.24) is 0 Å². The lowest BCUT2D eigenvalue weighted by Gasteiger charge is -2.35. The largest absolute Gasteiger partial charge is 0.451 e. The number of ether oxygens (including phenoxy) is 3. The molecular weight excluding hydrogens is 220 g/mol. The van der Waals surface area contributed by atoms with E-state index in [1.54, 1.807) is 6.92 Å². The molecule has 1 unspecified atom stereocenters. The number of carbonyl (C=O) groups is 1. The van der Waals surface area contributed by atoms with Gasteiger partial charge in [0.25, 0.3) is 0 Å². The number of carbonyl (C=O) groups excluding carboxylic acids is 1. The van der Waals surface area contributed by atoms with E-state index in [0.29, 0.717) is 25.2 Å². The Labute approximate surface area is 104 Å². The van der Waals surface area contributed by atoms with Crippen molar-refractivity contribution in [2.45, 2.75) is 52.9 Å². The molecule has 0 aromatic rings. The minimum atomic E-state index is -0.790. The Bertz CT molecular complexity index is 256. The molecule has 0 saturated carbocycles. The second-order valence-electron chi connectivity index (χ2n) is 4.08. The van der Waals surface area contributed by atoms with Crippen molar-refractivity contribution in [3.05, 3.63) is 12.2 Å². The second-order valence-corrected chi connectivity index (χ2v) is 4.08. The molecular formula is C13H24O4. The van der Waals surface area contributed by atoms with Gasteiger partial charge in [-0.15, -0.1) is 0 Å². The molecule has 0 aromatic heterocycles. The highest BCUT2D eigenvalue weighted by Crippen LogP contribution is 2.25. The fourth-order valence-electron chi connectivity index (χ4n) is 1.29. The Morgan fingerprint density at radius 3 is 2.00 bits per heavy atom. The van der Waals surface area contributed by atoms with E-state index in [4.69, 9.17) is 14.2 Å². The van der Waals surface area contributed by atoms with Crippen LogP contribution in [0.1, 0.15) is 41.0 Å². The summed E-state index contributed by atoms with van der Waals surface area (Å²) in [6.45, 7) is 13.7. The van der Waals surface area contributed by atoms with Crippen molar-refractivity contribution in [2.24, 2.45) is 0 Å². The molecule has 4 nitrogen and oxygen atoms in total. The van der Waals surface area contributed by atoms with Gasteiger partial charge in [0.05, 0.1) is 0 Å². The summed E-state index contributed by atoms with van der Waals surface area (Å²) in [6.07, 6.45) is 0.0576. The molecule has 0 aliphatic carbocycles. The van der Waals surface area contributed by atoms with Crippen LogP contribution in [0.3, 0.4) is 0 Å². The summed E-state index contributed by atoms with van der Waals surface area (Å²) in [6, 6.07) is 0. The van der Waals surface area contributed by atoms with Gasteiger partial charge >= 0.3 is 5.97 Å². The smallest absolute Gasteiger partial charge is 0.333 e. The number of hydrogen-bond acceptors (Lipinski definition) is 4. The fourth-order valence-corrected chi connectivity index (χ4v) is 1.29. The standard InChI is InChI=1S/C13H24O4/c1-7-13(6,17-11(14)10(4)5)12(15-8-2)16-9-3/h12H,4,7-9H2,1-3,5-6H3. The van der Waals surface area contributed by atoms with Gasteiger partial charge in [-0.05, 0) is 34.1 Å². The highest BCUT2D eigenvalue weighted by molar-refractivity contribution is 5.87. The molecule has 1 atom stereocenters. The van der Waals surface area contributed by atoms with Gasteiger partial charge in [0.15, 0.2) is 11.9 Å². The van der Waals surface area contributed by atoms with Crippen LogP contribution < -0.4 is 0 Å². The van der Waals surface area contributed by atoms with E-state index in [1.165, 1.54) is 0 Å². The van der Waals surface area contributed by atoms with E-state index in [9.17, 15) is 4.79 Å². The first-order valence-electron chi connectivity index (χ1n) is 6.03. The summed E-state index contributed by atoms with van der Waals surface area (Å²) in [4.78, 5) is 11.6. The first-order chi connectivity index (χ1) is 7.91. The third kappa shape index (κ3) is 4.88. The van der Waals surface area contributed by atoms with Gasteiger partial charge in [0.2, 0.25) is 0 Å². The monoisotopic (exact) mass is 244 g/mol. The van der Waals surface area contributed by atoms with E-state index in [1.807, 2.05) is 27.7 Å². The minimum absolute atomic E-state index is 0.372. The van der Waals surface area contributed by atoms with Crippen molar-refractivity contribution in [3.63, 3.8) is 0 Å². The summed E-state index contributed by atoms with van der Waals surface area (Å²) < 4.78 is 16.4. The summed E-state index contributed by atoms with van der Waals surface area (Å²) in [5.74, 6) is -0.418. The first kappa shape index (κ1) is 16.1. The first-order valence-corrected chi connectivity index (χ1v) is 6.03. The van der Waals surface area contributed by atoms with Crippen molar-refractivity contribution >= 4 is 5.97 Å². The van der Waals surface area contributed by atoms with Gasteiger partial charge in [0, 0.05) is 18.8 Å². The maximum atomic E-state index is 11.6. The molecule has 0 radical (unpaired) electrons. The van der Waals surface area contributed by atoms with Gasteiger partial charge in [-0.25, -0.2) is 4.79 Å². The molecule has 0 aliphatic rings. The molecule has 100 valence electrons. The van der Waals surface area contributed by atoms with Crippen molar-refractivity contribution in [1.29, 1.82) is 0 Å². The molecule has 4 heteroatoms. The Balaban J connectivity index is 4.80. The highest BCUT2D eigenvalue weighted by atomic mass is 16.7. The van der Waals surface area contributed by atoms with Gasteiger partial charge in [-0.3, -0.25) is 0 Å². The van der Waals surface area contributed by atoms with E-state index in [0.717, 1.165) is 0 Å². The number of hydrogen-bond donors (Lipinski definition) is 0. The Hall–Kier alpha value is -0.870. The van der Waals surface area contributed by atoms with Crippen molar-refractivity contribution in [3.8, 4) is 0 Å². The Morgan fingerprint density at radius 1 is 1.24 bits per heavy atom. The molecule has 0 N–H and O–H groups in total. The lowest BCUT2D eigenvalue weighted by atomic mass is 10.0. The van der Waals surface area contributed by atoms with Gasteiger partial charge in [-0.2, -0.15) is 0 Å². The zero-order valence-electron chi connectivity index (χ0n) is 11.5. The predicted molar refractivity (Wildman–Crippen MR) is 66.6 cm³/mol. The normalized spacial score (nSPS) is 14.5. The quantitative estimate of drug-likeness (QED) is 0.374. The molecule has 0 bridgehead atoms. The van der Waals surface area contributed by atoms with Crippen molar-refractivity contribution in [2.75, 3.05) is 13.2 Å². The third-order valence-corrected chi connectivity index (χ3v) is 2.51. The molecule has 0 aromatic carbocycles. The zero-order valence-corrected chi connectivity index (χ0v) is 11.5. The molecule has 0 aliphatic heterocycles. The number of esters is 1. The maximum Gasteiger partial charge on any atom is 0.333 e. The van der Waals surface area contributed by atoms with E-state index in [2.05, 4.69) is 6.58 Å². The molecule has 0 fully saturated rings.